The van der Waals surface area contributed by atoms with E-state index in [1.165, 1.54) is 5.56 Å². The van der Waals surface area contributed by atoms with Gasteiger partial charge in [-0.05, 0) is 31.2 Å². The van der Waals surface area contributed by atoms with Crippen molar-refractivity contribution in [1.82, 2.24) is 0 Å². The van der Waals surface area contributed by atoms with Crippen molar-refractivity contribution in [3.05, 3.63) is 59.2 Å². The molecule has 0 bridgehead atoms. The molecule has 21 heavy (non-hydrogen) atoms. The van der Waals surface area contributed by atoms with Crippen molar-refractivity contribution in [3.63, 3.8) is 0 Å². The van der Waals surface area contributed by atoms with Gasteiger partial charge in [-0.25, -0.2) is 0 Å². The summed E-state index contributed by atoms with van der Waals surface area (Å²) in [5.74, 6) is 0. The Kier molecular flexibility index (Phi) is 5.56. The number of carbonyl (C=O) groups excluding carboxylic acids is 1. The minimum absolute atomic E-state index is 0.456. The average molecular weight is 302 g/mol. The van der Waals surface area contributed by atoms with Crippen LogP contribution in [0, 0.1) is 6.92 Å². The van der Waals surface area contributed by atoms with Crippen LogP contribution in [0.25, 0.3) is 0 Å². The van der Waals surface area contributed by atoms with Gasteiger partial charge in [-0.1, -0.05) is 35.5 Å². The molecule has 0 aliphatic heterocycles. The highest BCUT2D eigenvalue weighted by Gasteiger charge is 2.12. The smallest absolute Gasteiger partial charge is 0.183 e. The van der Waals surface area contributed by atoms with Crippen LogP contribution in [0.1, 0.15) is 27.8 Å². The van der Waals surface area contributed by atoms with Crippen molar-refractivity contribution in [2.45, 2.75) is 23.0 Å². The molecule has 0 saturated heterocycles. The molecule has 4 heteroatoms. The molecule has 0 amide bonds. The van der Waals surface area contributed by atoms with E-state index in [9.17, 15) is 4.79 Å². The molecule has 0 heterocycles. The molecule has 0 aliphatic rings. The quantitative estimate of drug-likeness (QED) is 0.590. The van der Waals surface area contributed by atoms with Crippen molar-refractivity contribution in [2.24, 2.45) is 0 Å². The number of hydrogen-bond acceptors (Lipinski definition) is 4. The largest absolute Gasteiger partial charge is 0.352 e. The van der Waals surface area contributed by atoms with Crippen LogP contribution in [0.15, 0.2) is 52.3 Å². The van der Waals surface area contributed by atoms with Crippen molar-refractivity contribution in [1.29, 1.82) is 0 Å². The SMILES string of the molecule is COC(OC)c1ccc(Sc2ccc(C)cc2)c(C=O)c1. The Balaban J connectivity index is 2.27. The van der Waals surface area contributed by atoms with Crippen LogP contribution in [0.5, 0.6) is 0 Å². The fourth-order valence-corrected chi connectivity index (χ4v) is 2.89. The van der Waals surface area contributed by atoms with E-state index in [0.29, 0.717) is 5.56 Å². The van der Waals surface area contributed by atoms with Crippen LogP contribution in [0.3, 0.4) is 0 Å². The van der Waals surface area contributed by atoms with Gasteiger partial charge in [0.2, 0.25) is 0 Å². The lowest BCUT2D eigenvalue weighted by Gasteiger charge is -2.15. The molecule has 2 aromatic rings. The third kappa shape index (κ3) is 3.94. The molecule has 0 N–H and O–H groups in total. The van der Waals surface area contributed by atoms with E-state index in [2.05, 4.69) is 31.2 Å². The van der Waals surface area contributed by atoms with E-state index < -0.39 is 6.29 Å². The number of methoxy groups -OCH3 is 2. The van der Waals surface area contributed by atoms with E-state index in [4.69, 9.17) is 9.47 Å². The van der Waals surface area contributed by atoms with Gasteiger partial charge in [0.05, 0.1) is 0 Å². The standard InChI is InChI=1S/C17H18O3S/c1-12-4-7-15(8-5-12)21-16-9-6-13(10-14(16)11-18)17(19-2)20-3/h4-11,17H,1-3H3. The Morgan fingerprint density at radius 2 is 1.71 bits per heavy atom. The van der Waals surface area contributed by atoms with E-state index in [1.807, 2.05) is 12.1 Å². The normalized spacial score (nSPS) is 10.9. The Bertz CT molecular complexity index is 604. The average Bonchev–Trinajstić information content (AvgIpc) is 2.52. The first-order valence-corrected chi connectivity index (χ1v) is 7.39. The Labute approximate surface area is 129 Å². The summed E-state index contributed by atoms with van der Waals surface area (Å²) >= 11 is 1.57. The minimum atomic E-state index is -0.456. The highest BCUT2D eigenvalue weighted by molar-refractivity contribution is 7.99. The third-order valence-electron chi connectivity index (χ3n) is 3.11. The highest BCUT2D eigenvalue weighted by Crippen LogP contribution is 2.32. The van der Waals surface area contributed by atoms with Gasteiger partial charge in [0.1, 0.15) is 0 Å². The highest BCUT2D eigenvalue weighted by atomic mass is 32.2. The predicted octanol–water partition coefficient (Wildman–Crippen LogP) is 4.25. The number of aryl methyl sites for hydroxylation is 1. The Morgan fingerprint density at radius 3 is 2.29 bits per heavy atom. The first-order valence-electron chi connectivity index (χ1n) is 6.57. The number of benzene rings is 2. The summed E-state index contributed by atoms with van der Waals surface area (Å²) in [6.07, 6.45) is 0.407. The Hall–Kier alpha value is -1.62. The van der Waals surface area contributed by atoms with E-state index >= 15 is 0 Å². The topological polar surface area (TPSA) is 35.5 Å². The van der Waals surface area contributed by atoms with Crippen LogP contribution >= 0.6 is 11.8 Å². The maximum absolute atomic E-state index is 11.3. The van der Waals surface area contributed by atoms with Gasteiger partial charge in [0.25, 0.3) is 0 Å². The van der Waals surface area contributed by atoms with E-state index in [0.717, 1.165) is 21.6 Å². The molecule has 0 aromatic heterocycles. The zero-order chi connectivity index (χ0) is 15.2. The van der Waals surface area contributed by atoms with Gasteiger partial charge in [-0.2, -0.15) is 0 Å². The summed E-state index contributed by atoms with van der Waals surface area (Å²) in [6.45, 7) is 2.05. The summed E-state index contributed by atoms with van der Waals surface area (Å²) in [4.78, 5) is 13.4. The fraction of sp³-hybridized carbons (Fsp3) is 0.235. The van der Waals surface area contributed by atoms with Crippen LogP contribution in [0.2, 0.25) is 0 Å². The van der Waals surface area contributed by atoms with Crippen LogP contribution in [-0.2, 0) is 9.47 Å². The molecular weight excluding hydrogens is 284 g/mol. The molecule has 2 aromatic carbocycles. The molecule has 2 rings (SSSR count). The number of carbonyl (C=O) groups is 1. The van der Waals surface area contributed by atoms with Gasteiger partial charge < -0.3 is 9.47 Å². The number of rotatable bonds is 6. The van der Waals surface area contributed by atoms with Crippen LogP contribution in [0.4, 0.5) is 0 Å². The number of aldehydes is 1. The molecule has 3 nitrogen and oxygen atoms in total. The molecule has 0 unspecified atom stereocenters. The molecule has 0 aliphatic carbocycles. The molecule has 0 fully saturated rings. The van der Waals surface area contributed by atoms with Crippen LogP contribution < -0.4 is 0 Å². The molecule has 110 valence electrons. The molecule has 0 radical (unpaired) electrons. The zero-order valence-corrected chi connectivity index (χ0v) is 13.1. The lowest BCUT2D eigenvalue weighted by Crippen LogP contribution is -2.04. The van der Waals surface area contributed by atoms with Gasteiger partial charge in [0.15, 0.2) is 12.6 Å². The van der Waals surface area contributed by atoms with Gasteiger partial charge in [-0.15, -0.1) is 0 Å². The number of hydrogen-bond donors (Lipinski definition) is 0. The maximum Gasteiger partial charge on any atom is 0.183 e. The molecule has 0 spiro atoms. The predicted molar refractivity (Wildman–Crippen MR) is 83.9 cm³/mol. The van der Waals surface area contributed by atoms with Crippen molar-refractivity contribution < 1.29 is 14.3 Å². The van der Waals surface area contributed by atoms with Crippen LogP contribution in [-0.4, -0.2) is 20.5 Å². The van der Waals surface area contributed by atoms with E-state index in [-0.39, 0.29) is 0 Å². The second-order valence-corrected chi connectivity index (χ2v) is 5.75. The first kappa shape index (κ1) is 15.8. The Morgan fingerprint density at radius 1 is 1.05 bits per heavy atom. The van der Waals surface area contributed by atoms with Crippen molar-refractivity contribution in [2.75, 3.05) is 14.2 Å². The van der Waals surface area contributed by atoms with Gasteiger partial charge in [-0.3, -0.25) is 4.79 Å². The van der Waals surface area contributed by atoms with Gasteiger partial charge in [0, 0.05) is 35.1 Å². The van der Waals surface area contributed by atoms with Crippen molar-refractivity contribution in [3.8, 4) is 0 Å². The molecule has 0 atom stereocenters. The van der Waals surface area contributed by atoms with E-state index in [1.54, 1.807) is 32.0 Å². The molecule has 0 saturated carbocycles. The number of ether oxygens (including phenoxy) is 2. The van der Waals surface area contributed by atoms with Crippen molar-refractivity contribution >= 4 is 18.0 Å². The summed E-state index contributed by atoms with van der Waals surface area (Å²) in [7, 11) is 3.15. The summed E-state index contributed by atoms with van der Waals surface area (Å²) < 4.78 is 10.4. The lowest BCUT2D eigenvalue weighted by atomic mass is 10.1. The lowest BCUT2D eigenvalue weighted by molar-refractivity contribution is -0.106. The maximum atomic E-state index is 11.3. The summed E-state index contributed by atoms with van der Waals surface area (Å²) in [5.41, 5.74) is 2.68. The monoisotopic (exact) mass is 302 g/mol. The summed E-state index contributed by atoms with van der Waals surface area (Å²) in [5, 5.41) is 0. The fourth-order valence-electron chi connectivity index (χ4n) is 2.00. The first-order chi connectivity index (χ1) is 10.2. The summed E-state index contributed by atoms with van der Waals surface area (Å²) in [6, 6.07) is 13.9. The molecular formula is C17H18O3S. The second kappa shape index (κ2) is 7.41. The second-order valence-electron chi connectivity index (χ2n) is 4.63. The third-order valence-corrected chi connectivity index (χ3v) is 4.21. The zero-order valence-electron chi connectivity index (χ0n) is 12.3. The van der Waals surface area contributed by atoms with Gasteiger partial charge >= 0.3 is 0 Å². The minimum Gasteiger partial charge on any atom is -0.352 e.